The van der Waals surface area contributed by atoms with Crippen LogP contribution < -0.4 is 5.43 Å². The van der Waals surface area contributed by atoms with Crippen molar-refractivity contribution < 1.29 is 18.9 Å². The molecule has 0 saturated carbocycles. The number of nitrogens with zero attached hydrogens (tertiary/aromatic N) is 3. The minimum Gasteiger partial charge on any atom is -0.456 e. The number of benzene rings is 1. The smallest absolute Gasteiger partial charge is 0.285 e. The van der Waals surface area contributed by atoms with Gasteiger partial charge in [-0.2, -0.15) is 5.01 Å². The first-order chi connectivity index (χ1) is 15.9. The summed E-state index contributed by atoms with van der Waals surface area (Å²) in [4.78, 5) is 38.5. The summed E-state index contributed by atoms with van der Waals surface area (Å²) < 4.78 is 5.95. The Kier molecular flexibility index (Phi) is 7.21. The van der Waals surface area contributed by atoms with E-state index in [4.69, 9.17) is 16.6 Å². The summed E-state index contributed by atoms with van der Waals surface area (Å²) >= 11 is 6.32. The molecule has 0 bridgehead atoms. The van der Waals surface area contributed by atoms with Gasteiger partial charge in [0.05, 0.1) is 15.4 Å². The first-order valence-electron chi connectivity index (χ1n) is 10.6. The van der Waals surface area contributed by atoms with Gasteiger partial charge in [-0.3, -0.25) is 25.1 Å². The summed E-state index contributed by atoms with van der Waals surface area (Å²) in [6.45, 7) is 2.64. The zero-order valence-electron chi connectivity index (χ0n) is 17.7. The number of hydrazine groups is 1. The maximum Gasteiger partial charge on any atom is 0.285 e. The van der Waals surface area contributed by atoms with Gasteiger partial charge in [0.15, 0.2) is 4.32 Å². The van der Waals surface area contributed by atoms with E-state index in [0.717, 1.165) is 42.7 Å². The lowest BCUT2D eigenvalue weighted by molar-refractivity contribution is -0.384. The highest BCUT2D eigenvalue weighted by Gasteiger charge is 2.34. The number of thioether (sulfide) groups is 1. The minimum absolute atomic E-state index is 0.0722. The van der Waals surface area contributed by atoms with E-state index in [9.17, 15) is 19.7 Å². The summed E-state index contributed by atoms with van der Waals surface area (Å²) in [5.74, 6) is -0.0510. The monoisotopic (exact) mass is 486 g/mol. The first-order valence-corrected chi connectivity index (χ1v) is 11.8. The number of hydrogen-bond acceptors (Lipinski definition) is 8. The summed E-state index contributed by atoms with van der Waals surface area (Å²) in [5, 5.41) is 12.3. The van der Waals surface area contributed by atoms with E-state index in [-0.39, 0.29) is 22.3 Å². The van der Waals surface area contributed by atoms with Gasteiger partial charge in [0.25, 0.3) is 11.6 Å². The maximum atomic E-state index is 12.8. The molecule has 0 atom stereocenters. The van der Waals surface area contributed by atoms with Crippen molar-refractivity contribution in [3.63, 3.8) is 0 Å². The van der Waals surface area contributed by atoms with Gasteiger partial charge >= 0.3 is 0 Å². The fourth-order valence-corrected chi connectivity index (χ4v) is 4.89. The Hall–Kier alpha value is -3.02. The van der Waals surface area contributed by atoms with Crippen LogP contribution in [0.1, 0.15) is 31.4 Å². The molecule has 2 saturated heterocycles. The van der Waals surface area contributed by atoms with Gasteiger partial charge < -0.3 is 9.32 Å². The number of piperidine rings is 1. The third-order valence-corrected chi connectivity index (χ3v) is 6.70. The van der Waals surface area contributed by atoms with Crippen LogP contribution in [0.3, 0.4) is 0 Å². The molecule has 3 heterocycles. The fourth-order valence-electron chi connectivity index (χ4n) is 3.73. The van der Waals surface area contributed by atoms with E-state index < -0.39 is 10.8 Å². The molecule has 0 radical (unpaired) electrons. The average molecular weight is 487 g/mol. The second kappa shape index (κ2) is 10.3. The number of nitro groups is 1. The third-order valence-electron chi connectivity index (χ3n) is 5.40. The first kappa shape index (κ1) is 23.1. The Labute approximate surface area is 199 Å². The molecule has 11 heteroatoms. The van der Waals surface area contributed by atoms with E-state index in [2.05, 4.69) is 10.3 Å². The molecule has 2 aromatic rings. The molecule has 9 nitrogen and oxygen atoms in total. The van der Waals surface area contributed by atoms with Gasteiger partial charge in [0.1, 0.15) is 11.5 Å². The van der Waals surface area contributed by atoms with Crippen LogP contribution in [0.2, 0.25) is 0 Å². The van der Waals surface area contributed by atoms with Gasteiger partial charge in [-0.15, -0.1) is 0 Å². The molecule has 33 heavy (non-hydrogen) atoms. The SMILES string of the molecule is O=C(CCN1CCCCC1)NN1C(=O)/C(=C\c2ccc(-c3ccccc3[N+](=O)[O-])o2)SC1=S. The summed E-state index contributed by atoms with van der Waals surface area (Å²) in [5.41, 5.74) is 2.87. The number of carbonyl (C=O) groups is 2. The fraction of sp³-hybridized carbons (Fsp3) is 0.318. The average Bonchev–Trinajstić information content (AvgIpc) is 3.38. The Morgan fingerprint density at radius 3 is 2.73 bits per heavy atom. The number of amides is 2. The van der Waals surface area contributed by atoms with Crippen molar-refractivity contribution in [3.05, 3.63) is 57.2 Å². The van der Waals surface area contributed by atoms with Crippen LogP contribution in [0.4, 0.5) is 5.69 Å². The van der Waals surface area contributed by atoms with Gasteiger partial charge in [-0.05, 0) is 56.3 Å². The van der Waals surface area contributed by atoms with Gasteiger partial charge in [-0.25, -0.2) is 0 Å². The molecule has 172 valence electrons. The molecular formula is C22H22N4O5S2. The lowest BCUT2D eigenvalue weighted by Gasteiger charge is -2.26. The molecule has 4 rings (SSSR count). The number of nitro benzene ring substituents is 1. The topological polar surface area (TPSA) is 109 Å². The Morgan fingerprint density at radius 2 is 1.97 bits per heavy atom. The second-order valence-corrected chi connectivity index (χ2v) is 9.36. The molecule has 2 aliphatic heterocycles. The van der Waals surface area contributed by atoms with Gasteiger partial charge in [0, 0.05) is 25.1 Å². The minimum atomic E-state index is -0.476. The summed E-state index contributed by atoms with van der Waals surface area (Å²) in [6.07, 6.45) is 5.32. The van der Waals surface area contributed by atoms with Crippen LogP contribution in [0.15, 0.2) is 45.7 Å². The molecule has 1 aromatic carbocycles. The van der Waals surface area contributed by atoms with Gasteiger partial charge in [-0.1, -0.05) is 30.3 Å². The van der Waals surface area contributed by atoms with Gasteiger partial charge in [0.2, 0.25) is 5.91 Å². The summed E-state index contributed by atoms with van der Waals surface area (Å²) in [6, 6.07) is 9.49. The van der Waals surface area contributed by atoms with Crippen molar-refractivity contribution in [1.82, 2.24) is 15.3 Å². The van der Waals surface area contributed by atoms with Crippen LogP contribution in [0.25, 0.3) is 17.4 Å². The van der Waals surface area contributed by atoms with Crippen molar-refractivity contribution in [1.29, 1.82) is 0 Å². The lowest BCUT2D eigenvalue weighted by atomic mass is 10.1. The zero-order chi connectivity index (χ0) is 23.4. The molecular weight excluding hydrogens is 464 g/mol. The molecule has 0 unspecified atom stereocenters. The van der Waals surface area contributed by atoms with Crippen molar-refractivity contribution in [2.24, 2.45) is 0 Å². The standard InChI is InChI=1S/C22H22N4O5S2/c27-20(10-13-24-11-4-1-5-12-24)23-25-21(28)19(33-22(25)32)14-15-8-9-18(31-15)16-6-2-3-7-17(16)26(29)30/h2-3,6-9,14H,1,4-5,10-13H2,(H,23,27)/b19-14+. The van der Waals surface area contributed by atoms with Crippen LogP contribution >= 0.6 is 24.0 Å². The molecule has 0 spiro atoms. The number of carbonyl (C=O) groups excluding carboxylic acids is 2. The van der Waals surface area contributed by atoms with Crippen molar-refractivity contribution in [3.8, 4) is 11.3 Å². The normalized spacial score (nSPS) is 18.2. The number of para-hydroxylation sites is 1. The highest BCUT2D eigenvalue weighted by atomic mass is 32.2. The van der Waals surface area contributed by atoms with E-state index in [1.807, 2.05) is 0 Å². The van der Waals surface area contributed by atoms with E-state index in [0.29, 0.717) is 28.5 Å². The van der Waals surface area contributed by atoms with Crippen LogP contribution in [-0.2, 0) is 9.59 Å². The third kappa shape index (κ3) is 5.49. The van der Waals surface area contributed by atoms with Crippen LogP contribution in [-0.4, -0.2) is 50.6 Å². The maximum absolute atomic E-state index is 12.8. The lowest BCUT2D eigenvalue weighted by Crippen LogP contribution is -2.46. The van der Waals surface area contributed by atoms with Crippen molar-refractivity contribution in [2.45, 2.75) is 25.7 Å². The van der Waals surface area contributed by atoms with E-state index >= 15 is 0 Å². The highest BCUT2D eigenvalue weighted by Crippen LogP contribution is 2.34. The molecule has 0 aliphatic carbocycles. The quantitative estimate of drug-likeness (QED) is 0.271. The van der Waals surface area contributed by atoms with Crippen molar-refractivity contribution >= 4 is 51.9 Å². The van der Waals surface area contributed by atoms with Crippen LogP contribution in [0, 0.1) is 10.1 Å². The van der Waals surface area contributed by atoms with Crippen molar-refractivity contribution in [2.75, 3.05) is 19.6 Å². The van der Waals surface area contributed by atoms with Crippen LogP contribution in [0.5, 0.6) is 0 Å². The second-order valence-electron chi connectivity index (χ2n) is 7.68. The number of thiocarbonyl (C=S) groups is 1. The van der Waals surface area contributed by atoms with E-state index in [1.165, 1.54) is 18.6 Å². The number of rotatable bonds is 7. The number of nitrogens with one attached hydrogen (secondary N) is 1. The molecule has 2 aliphatic rings. The molecule has 1 aromatic heterocycles. The molecule has 2 fully saturated rings. The molecule has 1 N–H and O–H groups in total. The highest BCUT2D eigenvalue weighted by molar-refractivity contribution is 8.26. The summed E-state index contributed by atoms with van der Waals surface area (Å²) in [7, 11) is 0. The predicted octanol–water partition coefficient (Wildman–Crippen LogP) is 3.96. The van der Waals surface area contributed by atoms with E-state index in [1.54, 1.807) is 30.3 Å². The molecule has 2 amide bonds. The Bertz CT molecular complexity index is 1120. The Morgan fingerprint density at radius 1 is 1.21 bits per heavy atom. The Balaban J connectivity index is 1.41. The zero-order valence-corrected chi connectivity index (χ0v) is 19.3. The largest absolute Gasteiger partial charge is 0.456 e. The number of likely N-dealkylation sites (tertiary alicyclic amines) is 1. The number of hydrogen-bond donors (Lipinski definition) is 1. The predicted molar refractivity (Wildman–Crippen MR) is 129 cm³/mol. The number of furan rings is 1.